The van der Waals surface area contributed by atoms with Gasteiger partial charge in [-0.1, -0.05) is 17.8 Å². The van der Waals surface area contributed by atoms with Crippen LogP contribution in [0.1, 0.15) is 17.3 Å². The molecule has 110 valence electrons. The van der Waals surface area contributed by atoms with Gasteiger partial charge in [0, 0.05) is 4.90 Å². The Labute approximate surface area is 125 Å². The maximum Gasteiger partial charge on any atom is 0.340 e. The molecule has 0 bridgehead atoms. The molecule has 0 fully saturated rings. The van der Waals surface area contributed by atoms with Crippen molar-refractivity contribution in [3.8, 4) is 0 Å². The molecule has 2 rings (SSSR count). The molecule has 3 nitrogen and oxygen atoms in total. The highest BCUT2D eigenvalue weighted by Crippen LogP contribution is 2.35. The fourth-order valence-electron chi connectivity index (χ4n) is 1.69. The summed E-state index contributed by atoms with van der Waals surface area (Å²) in [6, 6.07) is 7.94. The summed E-state index contributed by atoms with van der Waals surface area (Å²) in [5, 5.41) is 0. The highest BCUT2D eigenvalue weighted by Gasteiger charge is 2.15. The van der Waals surface area contributed by atoms with Gasteiger partial charge in [0.15, 0.2) is 0 Å². The zero-order chi connectivity index (χ0) is 15.4. The van der Waals surface area contributed by atoms with E-state index in [9.17, 15) is 13.6 Å². The van der Waals surface area contributed by atoms with Crippen LogP contribution in [-0.4, -0.2) is 12.6 Å². The minimum Gasteiger partial charge on any atom is -0.462 e. The van der Waals surface area contributed by atoms with Gasteiger partial charge in [-0.15, -0.1) is 0 Å². The number of anilines is 1. The van der Waals surface area contributed by atoms with Crippen molar-refractivity contribution in [2.45, 2.75) is 16.7 Å². The number of halogens is 2. The lowest BCUT2D eigenvalue weighted by atomic mass is 10.2. The van der Waals surface area contributed by atoms with E-state index in [2.05, 4.69) is 0 Å². The molecule has 0 radical (unpaired) electrons. The van der Waals surface area contributed by atoms with Gasteiger partial charge in [-0.05, 0) is 37.3 Å². The van der Waals surface area contributed by atoms with Gasteiger partial charge in [0.2, 0.25) is 0 Å². The van der Waals surface area contributed by atoms with Crippen molar-refractivity contribution in [3.05, 3.63) is 53.6 Å². The molecule has 0 unspecified atom stereocenters. The first-order chi connectivity index (χ1) is 10.0. The molecule has 0 saturated heterocycles. The van der Waals surface area contributed by atoms with Gasteiger partial charge in [-0.2, -0.15) is 0 Å². The zero-order valence-electron chi connectivity index (χ0n) is 11.2. The van der Waals surface area contributed by atoms with Gasteiger partial charge in [0.05, 0.1) is 22.8 Å². The molecule has 0 aliphatic rings. The first-order valence-electron chi connectivity index (χ1n) is 6.21. The number of ether oxygens (including phenoxy) is 1. The van der Waals surface area contributed by atoms with Gasteiger partial charge >= 0.3 is 5.97 Å². The molecule has 0 amide bonds. The second kappa shape index (κ2) is 6.58. The van der Waals surface area contributed by atoms with Crippen LogP contribution in [0.25, 0.3) is 0 Å². The molecule has 0 aliphatic heterocycles. The lowest BCUT2D eigenvalue weighted by Crippen LogP contribution is -2.08. The average Bonchev–Trinajstić information content (AvgIpc) is 2.45. The standard InChI is InChI=1S/C15H13F2NO2S/c1-2-20-15(19)10-4-3-5-12(14(10)18)21-13-8-9(16)6-7-11(13)17/h3-8H,2,18H2,1H3. The number of rotatable bonds is 4. The molecule has 0 spiro atoms. The van der Waals surface area contributed by atoms with Crippen molar-refractivity contribution in [1.82, 2.24) is 0 Å². The monoisotopic (exact) mass is 309 g/mol. The number of nitrogen functional groups attached to an aromatic ring is 1. The molecule has 21 heavy (non-hydrogen) atoms. The molecule has 2 N–H and O–H groups in total. The second-order valence-electron chi connectivity index (χ2n) is 4.11. The number of benzene rings is 2. The number of hydrogen-bond acceptors (Lipinski definition) is 4. The predicted octanol–water partition coefficient (Wildman–Crippen LogP) is 3.87. The minimum absolute atomic E-state index is 0.0997. The van der Waals surface area contributed by atoms with E-state index in [1.807, 2.05) is 0 Å². The van der Waals surface area contributed by atoms with Crippen LogP contribution in [0.2, 0.25) is 0 Å². The van der Waals surface area contributed by atoms with Crippen LogP contribution in [0.15, 0.2) is 46.2 Å². The number of carbonyl (C=O) groups is 1. The van der Waals surface area contributed by atoms with Crippen LogP contribution in [-0.2, 0) is 4.74 Å². The van der Waals surface area contributed by atoms with E-state index in [1.54, 1.807) is 19.1 Å². The third-order valence-corrected chi connectivity index (χ3v) is 3.78. The molecule has 0 atom stereocenters. The molecular formula is C15H13F2NO2S. The van der Waals surface area contributed by atoms with Gasteiger partial charge in [-0.25, -0.2) is 13.6 Å². The highest BCUT2D eigenvalue weighted by molar-refractivity contribution is 7.99. The Kier molecular flexibility index (Phi) is 4.80. The van der Waals surface area contributed by atoms with E-state index < -0.39 is 17.6 Å². The Bertz CT molecular complexity index is 677. The van der Waals surface area contributed by atoms with Crippen molar-refractivity contribution in [2.75, 3.05) is 12.3 Å². The lowest BCUT2D eigenvalue weighted by Gasteiger charge is -2.10. The molecule has 2 aromatic rings. The van der Waals surface area contributed by atoms with E-state index >= 15 is 0 Å². The van der Waals surface area contributed by atoms with Gasteiger partial charge < -0.3 is 10.5 Å². The van der Waals surface area contributed by atoms with Crippen LogP contribution in [0, 0.1) is 11.6 Å². The number of nitrogens with two attached hydrogens (primary N) is 1. The summed E-state index contributed by atoms with van der Waals surface area (Å²) in [6.45, 7) is 1.92. The first-order valence-corrected chi connectivity index (χ1v) is 7.03. The Hall–Kier alpha value is -2.08. The summed E-state index contributed by atoms with van der Waals surface area (Å²) in [5.74, 6) is -1.64. The Balaban J connectivity index is 2.35. The smallest absolute Gasteiger partial charge is 0.340 e. The summed E-state index contributed by atoms with van der Waals surface area (Å²) in [6.07, 6.45) is 0. The molecule has 0 heterocycles. The van der Waals surface area contributed by atoms with Crippen LogP contribution >= 0.6 is 11.8 Å². The molecular weight excluding hydrogens is 296 g/mol. The SMILES string of the molecule is CCOC(=O)c1cccc(Sc2cc(F)ccc2F)c1N. The van der Waals surface area contributed by atoms with E-state index in [4.69, 9.17) is 10.5 Å². The summed E-state index contributed by atoms with van der Waals surface area (Å²) in [4.78, 5) is 12.3. The summed E-state index contributed by atoms with van der Waals surface area (Å²) in [7, 11) is 0. The van der Waals surface area contributed by atoms with Crippen LogP contribution < -0.4 is 5.73 Å². The number of hydrogen-bond donors (Lipinski definition) is 1. The van der Waals surface area contributed by atoms with E-state index in [0.29, 0.717) is 4.90 Å². The Morgan fingerprint density at radius 3 is 2.71 bits per heavy atom. The molecule has 0 saturated carbocycles. The van der Waals surface area contributed by atoms with Crippen molar-refractivity contribution < 1.29 is 18.3 Å². The zero-order valence-corrected chi connectivity index (χ0v) is 12.0. The van der Waals surface area contributed by atoms with Gasteiger partial charge in [-0.3, -0.25) is 0 Å². The van der Waals surface area contributed by atoms with E-state index in [1.165, 1.54) is 6.07 Å². The number of esters is 1. The molecule has 2 aromatic carbocycles. The molecule has 6 heteroatoms. The normalized spacial score (nSPS) is 10.4. The van der Waals surface area contributed by atoms with Crippen LogP contribution in [0.3, 0.4) is 0 Å². The Morgan fingerprint density at radius 1 is 1.24 bits per heavy atom. The van der Waals surface area contributed by atoms with Crippen molar-refractivity contribution in [3.63, 3.8) is 0 Å². The average molecular weight is 309 g/mol. The van der Waals surface area contributed by atoms with Crippen molar-refractivity contribution in [1.29, 1.82) is 0 Å². The van der Waals surface area contributed by atoms with Gasteiger partial charge in [0.25, 0.3) is 0 Å². The topological polar surface area (TPSA) is 52.3 Å². The van der Waals surface area contributed by atoms with Crippen LogP contribution in [0.4, 0.5) is 14.5 Å². The lowest BCUT2D eigenvalue weighted by molar-refractivity contribution is 0.0527. The second-order valence-corrected chi connectivity index (χ2v) is 5.20. The third kappa shape index (κ3) is 3.52. The molecule has 0 aliphatic carbocycles. The maximum atomic E-state index is 13.6. The van der Waals surface area contributed by atoms with Crippen molar-refractivity contribution in [2.24, 2.45) is 0 Å². The van der Waals surface area contributed by atoms with Crippen molar-refractivity contribution >= 4 is 23.4 Å². The molecule has 0 aromatic heterocycles. The largest absolute Gasteiger partial charge is 0.462 e. The summed E-state index contributed by atoms with van der Waals surface area (Å²) < 4.78 is 31.7. The number of carbonyl (C=O) groups excluding carboxylic acids is 1. The summed E-state index contributed by atoms with van der Waals surface area (Å²) >= 11 is 0.957. The van der Waals surface area contributed by atoms with Gasteiger partial charge in [0.1, 0.15) is 11.6 Å². The fraction of sp³-hybridized carbons (Fsp3) is 0.133. The minimum atomic E-state index is -0.553. The maximum absolute atomic E-state index is 13.6. The Morgan fingerprint density at radius 2 is 2.00 bits per heavy atom. The van der Waals surface area contributed by atoms with Crippen LogP contribution in [0.5, 0.6) is 0 Å². The quantitative estimate of drug-likeness (QED) is 0.688. The highest BCUT2D eigenvalue weighted by atomic mass is 32.2. The van der Waals surface area contributed by atoms with E-state index in [-0.39, 0.29) is 22.8 Å². The number of para-hydroxylation sites is 1. The fourth-order valence-corrected chi connectivity index (χ4v) is 2.63. The predicted molar refractivity (Wildman–Crippen MR) is 77.3 cm³/mol. The summed E-state index contributed by atoms with van der Waals surface area (Å²) in [5.41, 5.74) is 6.30. The third-order valence-electron chi connectivity index (χ3n) is 2.67. The van der Waals surface area contributed by atoms with E-state index in [0.717, 1.165) is 30.0 Å². The first kappa shape index (κ1) is 15.3.